The Hall–Kier alpha value is -3.82. The summed E-state index contributed by atoms with van der Waals surface area (Å²) in [5, 5.41) is 24.1. The molecule has 2 rings (SSSR count). The third-order valence-electron chi connectivity index (χ3n) is 3.66. The summed E-state index contributed by atoms with van der Waals surface area (Å²) < 4.78 is 20.4. The van der Waals surface area contributed by atoms with Gasteiger partial charge in [-0.25, -0.2) is 0 Å². The van der Waals surface area contributed by atoms with Gasteiger partial charge in [0.25, 0.3) is 0 Å². The van der Waals surface area contributed by atoms with Crippen LogP contribution in [0.3, 0.4) is 0 Å². The highest BCUT2D eigenvalue weighted by atomic mass is 16.5. The van der Waals surface area contributed by atoms with Crippen LogP contribution in [0.25, 0.3) is 0 Å². The Bertz CT molecular complexity index is 774. The van der Waals surface area contributed by atoms with Crippen molar-refractivity contribution in [3.05, 3.63) is 24.3 Å². The van der Waals surface area contributed by atoms with Crippen molar-refractivity contribution in [2.24, 2.45) is 0 Å². The first kappa shape index (κ1) is 20.5. The van der Waals surface area contributed by atoms with Gasteiger partial charge in [0.05, 0.1) is 28.4 Å². The van der Waals surface area contributed by atoms with E-state index in [1.54, 1.807) is 0 Å². The molecule has 0 aliphatic heterocycles. The van der Waals surface area contributed by atoms with E-state index in [4.69, 9.17) is 18.9 Å². The lowest BCUT2D eigenvalue weighted by atomic mass is 10.2. The molecule has 10 heteroatoms. The molecule has 0 radical (unpaired) electrons. The number of amides is 2. The Balaban J connectivity index is 2.30. The van der Waals surface area contributed by atoms with Crippen molar-refractivity contribution in [1.29, 1.82) is 0 Å². The quantitative estimate of drug-likeness (QED) is 0.431. The molecule has 28 heavy (non-hydrogen) atoms. The minimum absolute atomic E-state index is 0.0626. The fourth-order valence-electron chi connectivity index (χ4n) is 2.38. The molecule has 0 saturated heterocycles. The van der Waals surface area contributed by atoms with E-state index in [1.165, 1.54) is 52.7 Å². The number of ether oxygens (including phenoxy) is 4. The van der Waals surface area contributed by atoms with Crippen molar-refractivity contribution in [1.82, 2.24) is 0 Å². The van der Waals surface area contributed by atoms with Gasteiger partial charge >= 0.3 is 11.8 Å². The first-order chi connectivity index (χ1) is 13.3. The Morgan fingerprint density at radius 3 is 1.11 bits per heavy atom. The molecule has 0 bridgehead atoms. The van der Waals surface area contributed by atoms with Crippen molar-refractivity contribution in [3.63, 3.8) is 0 Å². The highest BCUT2D eigenvalue weighted by molar-refractivity contribution is 6.44. The normalized spacial score (nSPS) is 10.0. The molecular weight excluding hydrogens is 372 g/mol. The molecule has 0 saturated carbocycles. The number of carbonyl (C=O) groups excluding carboxylic acids is 2. The van der Waals surface area contributed by atoms with E-state index in [9.17, 15) is 19.8 Å². The van der Waals surface area contributed by atoms with Crippen LogP contribution in [-0.4, -0.2) is 50.5 Å². The molecule has 0 aliphatic rings. The van der Waals surface area contributed by atoms with Gasteiger partial charge in [0.2, 0.25) is 0 Å². The van der Waals surface area contributed by atoms with E-state index in [-0.39, 0.29) is 45.9 Å². The van der Waals surface area contributed by atoms with Crippen LogP contribution in [0, 0.1) is 0 Å². The minimum Gasteiger partial charge on any atom is -0.508 e. The Kier molecular flexibility index (Phi) is 6.38. The Morgan fingerprint density at radius 1 is 0.643 bits per heavy atom. The van der Waals surface area contributed by atoms with Crippen LogP contribution in [0.15, 0.2) is 24.3 Å². The van der Waals surface area contributed by atoms with Crippen LogP contribution in [-0.2, 0) is 9.59 Å². The van der Waals surface area contributed by atoms with E-state index in [2.05, 4.69) is 10.6 Å². The van der Waals surface area contributed by atoms with Gasteiger partial charge in [-0.2, -0.15) is 0 Å². The number of nitrogens with one attached hydrogen (secondary N) is 2. The number of phenolic OH excluding ortho intramolecular Hbond substituents is 2. The maximum absolute atomic E-state index is 12.4. The van der Waals surface area contributed by atoms with E-state index in [0.717, 1.165) is 0 Å². The highest BCUT2D eigenvalue weighted by Gasteiger charge is 2.23. The van der Waals surface area contributed by atoms with Gasteiger partial charge < -0.3 is 39.8 Å². The molecule has 0 atom stereocenters. The summed E-state index contributed by atoms with van der Waals surface area (Å²) in [7, 11) is 5.32. The van der Waals surface area contributed by atoms with Crippen molar-refractivity contribution in [2.75, 3.05) is 39.1 Å². The van der Waals surface area contributed by atoms with Crippen LogP contribution in [0.5, 0.6) is 34.5 Å². The second-order valence-corrected chi connectivity index (χ2v) is 5.36. The number of rotatable bonds is 6. The maximum atomic E-state index is 12.4. The van der Waals surface area contributed by atoms with Crippen LogP contribution < -0.4 is 29.6 Å². The number of carbonyl (C=O) groups is 2. The van der Waals surface area contributed by atoms with Crippen molar-refractivity contribution < 1.29 is 38.7 Å². The largest absolute Gasteiger partial charge is 0.508 e. The van der Waals surface area contributed by atoms with E-state index < -0.39 is 11.8 Å². The summed E-state index contributed by atoms with van der Waals surface area (Å²) in [6.45, 7) is 0. The van der Waals surface area contributed by atoms with Gasteiger partial charge in [-0.05, 0) is 0 Å². The zero-order valence-corrected chi connectivity index (χ0v) is 15.7. The molecule has 0 spiro atoms. The standard InChI is InChI=1S/C18H20N2O8/c1-25-11-5-9(21)6-12(26-2)15(11)19-17(23)18(24)20-16-13(27-3)7-10(22)8-14(16)28-4/h5-8,21-22H,1-4H3,(H,19,23)(H,20,24). The number of benzene rings is 2. The summed E-state index contributed by atoms with van der Waals surface area (Å²) in [5.41, 5.74) is 0.125. The molecule has 2 aromatic carbocycles. The zero-order chi connectivity index (χ0) is 20.8. The summed E-state index contributed by atoms with van der Waals surface area (Å²) in [6, 6.07) is 5.01. The maximum Gasteiger partial charge on any atom is 0.314 e. The van der Waals surface area contributed by atoms with Crippen molar-refractivity contribution in [2.45, 2.75) is 0 Å². The number of methoxy groups -OCH3 is 4. The lowest BCUT2D eigenvalue weighted by molar-refractivity contribution is -0.133. The lowest BCUT2D eigenvalue weighted by Crippen LogP contribution is -2.29. The number of hydrogen-bond acceptors (Lipinski definition) is 8. The van der Waals surface area contributed by atoms with Crippen LogP contribution >= 0.6 is 0 Å². The minimum atomic E-state index is -1.04. The van der Waals surface area contributed by atoms with Crippen LogP contribution in [0.2, 0.25) is 0 Å². The summed E-state index contributed by atoms with van der Waals surface area (Å²) in [4.78, 5) is 24.8. The van der Waals surface area contributed by atoms with Gasteiger partial charge in [-0.1, -0.05) is 0 Å². The second-order valence-electron chi connectivity index (χ2n) is 5.36. The van der Waals surface area contributed by atoms with Gasteiger partial charge in [0.15, 0.2) is 0 Å². The SMILES string of the molecule is COc1cc(O)cc(OC)c1NC(=O)C(=O)Nc1c(OC)cc(O)cc1OC. The first-order valence-corrected chi connectivity index (χ1v) is 7.86. The van der Waals surface area contributed by atoms with E-state index in [1.807, 2.05) is 0 Å². The molecule has 0 heterocycles. The van der Waals surface area contributed by atoms with Crippen LogP contribution in [0.4, 0.5) is 11.4 Å². The van der Waals surface area contributed by atoms with E-state index in [0.29, 0.717) is 0 Å². The van der Waals surface area contributed by atoms with E-state index >= 15 is 0 Å². The average Bonchev–Trinajstić information content (AvgIpc) is 2.69. The molecule has 150 valence electrons. The summed E-state index contributed by atoms with van der Waals surface area (Å²) in [6.07, 6.45) is 0. The summed E-state index contributed by atoms with van der Waals surface area (Å²) >= 11 is 0. The molecule has 2 amide bonds. The van der Waals surface area contributed by atoms with Crippen molar-refractivity contribution in [3.8, 4) is 34.5 Å². The Morgan fingerprint density at radius 2 is 0.893 bits per heavy atom. The average molecular weight is 392 g/mol. The Labute approximate surface area is 160 Å². The third kappa shape index (κ3) is 4.29. The third-order valence-corrected chi connectivity index (χ3v) is 3.66. The van der Waals surface area contributed by atoms with Gasteiger partial charge in [0.1, 0.15) is 45.9 Å². The monoisotopic (exact) mass is 392 g/mol. The topological polar surface area (TPSA) is 136 Å². The lowest BCUT2D eigenvalue weighted by Gasteiger charge is -2.16. The predicted octanol–water partition coefficient (Wildman–Crippen LogP) is 1.71. The predicted molar refractivity (Wildman–Crippen MR) is 99.7 cm³/mol. The van der Waals surface area contributed by atoms with Crippen molar-refractivity contribution >= 4 is 23.2 Å². The smallest absolute Gasteiger partial charge is 0.314 e. The molecule has 2 aromatic rings. The first-order valence-electron chi connectivity index (χ1n) is 7.86. The second kappa shape index (κ2) is 8.71. The molecule has 10 nitrogen and oxygen atoms in total. The molecule has 0 aliphatic carbocycles. The molecule has 0 unspecified atom stereocenters. The van der Waals surface area contributed by atoms with Gasteiger partial charge in [-0.15, -0.1) is 0 Å². The number of anilines is 2. The number of phenols is 2. The molecule has 4 N–H and O–H groups in total. The fraction of sp³-hybridized carbons (Fsp3) is 0.222. The van der Waals surface area contributed by atoms with Gasteiger partial charge in [0, 0.05) is 24.3 Å². The zero-order valence-electron chi connectivity index (χ0n) is 15.7. The van der Waals surface area contributed by atoms with Crippen LogP contribution in [0.1, 0.15) is 0 Å². The molecule has 0 aromatic heterocycles. The number of hydrogen-bond donors (Lipinski definition) is 4. The summed E-state index contributed by atoms with van der Waals surface area (Å²) in [5.74, 6) is -1.99. The fourth-order valence-corrected chi connectivity index (χ4v) is 2.38. The molecular formula is C18H20N2O8. The highest BCUT2D eigenvalue weighted by Crippen LogP contribution is 2.40. The van der Waals surface area contributed by atoms with Gasteiger partial charge in [-0.3, -0.25) is 9.59 Å². The number of aromatic hydroxyl groups is 2. The molecule has 0 fully saturated rings.